The molecule has 0 aromatic heterocycles. The van der Waals surface area contributed by atoms with Gasteiger partial charge in [-0.05, 0) is 68.7 Å². The molecule has 140 valence electrons. The molecule has 4 rings (SSSR count). The number of fused-ring (bicyclic) bond motifs is 2. The standard InChI is InChI=1S/C21H28N2O3/c1-2-26-21(25)23-13-11-16-14-17(9-10-19(16)23)20(24)22-12-5-7-15-6-3-4-8-18(15)22/h9-10,14-15,18H,2-8,11-13H2,1H3. The molecule has 0 radical (unpaired) electrons. The van der Waals surface area contributed by atoms with Crippen LogP contribution in [-0.4, -0.2) is 42.6 Å². The maximum Gasteiger partial charge on any atom is 0.414 e. The molecule has 1 saturated carbocycles. The van der Waals surface area contributed by atoms with E-state index in [4.69, 9.17) is 4.74 Å². The van der Waals surface area contributed by atoms with Gasteiger partial charge in [0.05, 0.1) is 12.3 Å². The molecule has 2 amide bonds. The predicted octanol–water partition coefficient (Wildman–Crippen LogP) is 4.00. The number of likely N-dealkylation sites (tertiary alicyclic amines) is 1. The molecule has 26 heavy (non-hydrogen) atoms. The van der Waals surface area contributed by atoms with Gasteiger partial charge < -0.3 is 9.64 Å². The third-order valence-corrected chi connectivity index (χ3v) is 6.21. The van der Waals surface area contributed by atoms with Crippen LogP contribution in [-0.2, 0) is 11.2 Å². The average Bonchev–Trinajstić information content (AvgIpc) is 3.10. The number of hydrogen-bond donors (Lipinski definition) is 0. The van der Waals surface area contributed by atoms with Crippen molar-refractivity contribution < 1.29 is 14.3 Å². The first-order chi connectivity index (χ1) is 12.7. The smallest absolute Gasteiger partial charge is 0.414 e. The molecule has 1 aromatic carbocycles. The Kier molecular flexibility index (Phi) is 4.88. The first kappa shape index (κ1) is 17.4. The number of carbonyl (C=O) groups excluding carboxylic acids is 2. The minimum atomic E-state index is -0.300. The lowest BCUT2D eigenvalue weighted by Crippen LogP contribution is -2.49. The molecule has 3 aliphatic rings. The van der Waals surface area contributed by atoms with Gasteiger partial charge in [-0.2, -0.15) is 0 Å². The summed E-state index contributed by atoms with van der Waals surface area (Å²) in [4.78, 5) is 29.1. The van der Waals surface area contributed by atoms with Crippen LogP contribution in [0.5, 0.6) is 0 Å². The summed E-state index contributed by atoms with van der Waals surface area (Å²) in [5.41, 5.74) is 2.72. The van der Waals surface area contributed by atoms with Gasteiger partial charge in [-0.3, -0.25) is 9.69 Å². The first-order valence-electron chi connectivity index (χ1n) is 10.1. The van der Waals surface area contributed by atoms with Gasteiger partial charge in [0, 0.05) is 24.7 Å². The highest BCUT2D eigenvalue weighted by molar-refractivity contribution is 5.97. The summed E-state index contributed by atoms with van der Waals surface area (Å²) >= 11 is 0. The maximum absolute atomic E-state index is 13.2. The van der Waals surface area contributed by atoms with Gasteiger partial charge >= 0.3 is 6.09 Å². The van der Waals surface area contributed by atoms with Crippen LogP contribution in [0.15, 0.2) is 18.2 Å². The van der Waals surface area contributed by atoms with Crippen molar-refractivity contribution in [1.29, 1.82) is 0 Å². The topological polar surface area (TPSA) is 49.9 Å². The summed E-state index contributed by atoms with van der Waals surface area (Å²) in [6.45, 7) is 3.69. The van der Waals surface area contributed by atoms with E-state index in [1.165, 1.54) is 25.7 Å². The fourth-order valence-corrected chi connectivity index (χ4v) is 4.97. The van der Waals surface area contributed by atoms with Crippen molar-refractivity contribution in [3.05, 3.63) is 29.3 Å². The quantitative estimate of drug-likeness (QED) is 0.805. The molecule has 2 aliphatic heterocycles. The number of nitrogens with zero attached hydrogens (tertiary/aromatic N) is 2. The molecule has 1 aromatic rings. The van der Waals surface area contributed by atoms with Crippen molar-refractivity contribution in [1.82, 2.24) is 4.90 Å². The molecule has 5 nitrogen and oxygen atoms in total. The van der Waals surface area contributed by atoms with Crippen LogP contribution in [0.4, 0.5) is 10.5 Å². The fourth-order valence-electron chi connectivity index (χ4n) is 4.97. The summed E-state index contributed by atoms with van der Waals surface area (Å²) < 4.78 is 5.13. The maximum atomic E-state index is 13.2. The minimum absolute atomic E-state index is 0.166. The van der Waals surface area contributed by atoms with E-state index in [1.54, 1.807) is 4.90 Å². The van der Waals surface area contributed by atoms with Crippen molar-refractivity contribution >= 4 is 17.7 Å². The third kappa shape index (κ3) is 3.08. The molecule has 1 aliphatic carbocycles. The molecule has 5 heteroatoms. The molecule has 2 heterocycles. The highest BCUT2D eigenvalue weighted by atomic mass is 16.6. The van der Waals surface area contributed by atoms with E-state index in [-0.39, 0.29) is 12.0 Å². The number of ether oxygens (including phenoxy) is 1. The average molecular weight is 356 g/mol. The Balaban J connectivity index is 1.53. The second kappa shape index (κ2) is 7.29. The second-order valence-electron chi connectivity index (χ2n) is 7.70. The van der Waals surface area contributed by atoms with E-state index in [1.807, 2.05) is 25.1 Å². The van der Waals surface area contributed by atoms with E-state index in [9.17, 15) is 9.59 Å². The molecular weight excluding hydrogens is 328 g/mol. The third-order valence-electron chi connectivity index (χ3n) is 6.21. The highest BCUT2D eigenvalue weighted by Crippen LogP contribution is 2.36. The summed E-state index contributed by atoms with van der Waals surface area (Å²) in [6, 6.07) is 6.21. The number of amides is 2. The summed E-state index contributed by atoms with van der Waals surface area (Å²) in [5, 5.41) is 0. The molecule has 0 N–H and O–H groups in total. The summed E-state index contributed by atoms with van der Waals surface area (Å²) in [5.74, 6) is 0.856. The summed E-state index contributed by atoms with van der Waals surface area (Å²) in [7, 11) is 0. The Morgan fingerprint density at radius 1 is 1.12 bits per heavy atom. The van der Waals surface area contributed by atoms with Crippen LogP contribution in [0.25, 0.3) is 0 Å². The lowest BCUT2D eigenvalue weighted by Gasteiger charge is -2.44. The van der Waals surface area contributed by atoms with Crippen molar-refractivity contribution in [3.63, 3.8) is 0 Å². The lowest BCUT2D eigenvalue weighted by atomic mass is 9.78. The highest BCUT2D eigenvalue weighted by Gasteiger charge is 2.36. The van der Waals surface area contributed by atoms with Crippen LogP contribution < -0.4 is 4.90 Å². The van der Waals surface area contributed by atoms with E-state index >= 15 is 0 Å². The molecule has 1 saturated heterocycles. The Bertz CT molecular complexity index is 700. The molecule has 2 fully saturated rings. The Morgan fingerprint density at radius 2 is 1.92 bits per heavy atom. The lowest BCUT2D eigenvalue weighted by molar-refractivity contribution is 0.0390. The van der Waals surface area contributed by atoms with Gasteiger partial charge in [0.25, 0.3) is 5.91 Å². The number of rotatable bonds is 2. The SMILES string of the molecule is CCOC(=O)N1CCc2cc(C(=O)N3CCCC4CCCCC43)ccc21. The predicted molar refractivity (Wildman–Crippen MR) is 101 cm³/mol. The zero-order valence-electron chi connectivity index (χ0n) is 15.6. The number of benzene rings is 1. The number of anilines is 1. The molecule has 2 atom stereocenters. The van der Waals surface area contributed by atoms with Gasteiger partial charge in [-0.25, -0.2) is 4.79 Å². The Labute approximate surface area is 155 Å². The first-order valence-corrected chi connectivity index (χ1v) is 10.1. The van der Waals surface area contributed by atoms with Crippen LogP contribution in [0.2, 0.25) is 0 Å². The monoisotopic (exact) mass is 356 g/mol. The largest absolute Gasteiger partial charge is 0.449 e. The Morgan fingerprint density at radius 3 is 2.77 bits per heavy atom. The van der Waals surface area contributed by atoms with Crippen molar-refractivity contribution in [3.8, 4) is 0 Å². The van der Waals surface area contributed by atoms with Crippen LogP contribution in [0, 0.1) is 5.92 Å². The minimum Gasteiger partial charge on any atom is -0.449 e. The van der Waals surface area contributed by atoms with Crippen LogP contribution in [0.1, 0.15) is 61.4 Å². The second-order valence-corrected chi connectivity index (χ2v) is 7.70. The van der Waals surface area contributed by atoms with Gasteiger partial charge in [0.2, 0.25) is 0 Å². The number of piperidine rings is 1. The van der Waals surface area contributed by atoms with Gasteiger partial charge in [-0.1, -0.05) is 12.8 Å². The van der Waals surface area contributed by atoms with Gasteiger partial charge in [0.15, 0.2) is 0 Å². The van der Waals surface area contributed by atoms with Crippen molar-refractivity contribution in [2.24, 2.45) is 5.92 Å². The fraction of sp³-hybridized carbons (Fsp3) is 0.619. The number of hydrogen-bond acceptors (Lipinski definition) is 3. The molecule has 0 bridgehead atoms. The Hall–Kier alpha value is -2.04. The van der Waals surface area contributed by atoms with Crippen molar-refractivity contribution in [2.75, 3.05) is 24.6 Å². The van der Waals surface area contributed by atoms with Crippen LogP contribution >= 0.6 is 0 Å². The summed E-state index contributed by atoms with van der Waals surface area (Å²) in [6.07, 6.45) is 7.84. The van der Waals surface area contributed by atoms with Gasteiger partial charge in [0.1, 0.15) is 0 Å². The van der Waals surface area contributed by atoms with Gasteiger partial charge in [-0.15, -0.1) is 0 Å². The molecule has 2 unspecified atom stereocenters. The van der Waals surface area contributed by atoms with Crippen LogP contribution in [0.3, 0.4) is 0 Å². The normalized spacial score (nSPS) is 24.8. The van der Waals surface area contributed by atoms with E-state index in [2.05, 4.69) is 4.90 Å². The zero-order valence-corrected chi connectivity index (χ0v) is 15.6. The zero-order chi connectivity index (χ0) is 18.1. The van der Waals surface area contributed by atoms with E-state index in [0.717, 1.165) is 42.6 Å². The van der Waals surface area contributed by atoms with E-state index < -0.39 is 0 Å². The number of carbonyl (C=O) groups is 2. The van der Waals surface area contributed by atoms with Crippen molar-refractivity contribution in [2.45, 2.75) is 57.9 Å². The van der Waals surface area contributed by atoms with E-state index in [0.29, 0.717) is 25.1 Å². The molecular formula is C21H28N2O3. The molecule has 0 spiro atoms.